The van der Waals surface area contributed by atoms with Crippen LogP contribution in [-0.4, -0.2) is 5.78 Å². The summed E-state index contributed by atoms with van der Waals surface area (Å²) in [6, 6.07) is 6.70. The van der Waals surface area contributed by atoms with E-state index in [1.165, 1.54) is 0 Å². The minimum Gasteiger partial charge on any atom is -0.289 e. The van der Waals surface area contributed by atoms with Crippen LogP contribution < -0.4 is 0 Å². The number of Topliss-reactive ketones (excluding diaryl/α,β-unsaturated/α-hetero) is 1. The lowest BCUT2D eigenvalue weighted by atomic mass is 9.86. The van der Waals surface area contributed by atoms with E-state index in [2.05, 4.69) is 0 Å². The number of benzene rings is 2. The van der Waals surface area contributed by atoms with Crippen molar-refractivity contribution in [1.29, 1.82) is 0 Å². The number of halogens is 5. The van der Waals surface area contributed by atoms with E-state index >= 15 is 0 Å². The topological polar surface area (TPSA) is 17.1 Å². The van der Waals surface area contributed by atoms with E-state index in [-0.39, 0.29) is 12.0 Å². The predicted molar refractivity (Wildman–Crippen MR) is 73.3 cm³/mol. The maximum absolute atomic E-state index is 13.7. The fourth-order valence-electron chi connectivity index (χ4n) is 2.58. The van der Waals surface area contributed by atoms with E-state index in [0.717, 1.165) is 11.6 Å². The molecule has 0 saturated heterocycles. The van der Waals surface area contributed by atoms with Crippen LogP contribution in [0.4, 0.5) is 22.0 Å². The Bertz CT molecular complexity index is 825. The van der Waals surface area contributed by atoms with E-state index in [0.29, 0.717) is 12.0 Å². The van der Waals surface area contributed by atoms with Crippen LogP contribution >= 0.6 is 0 Å². The van der Waals surface area contributed by atoms with E-state index in [4.69, 9.17) is 0 Å². The molecule has 0 bridgehead atoms. The number of aryl methyl sites for hydroxylation is 1. The van der Waals surface area contributed by atoms with Crippen molar-refractivity contribution in [1.82, 2.24) is 0 Å². The highest BCUT2D eigenvalue weighted by Crippen LogP contribution is 2.30. The molecule has 1 aliphatic rings. The molecule has 1 nitrogen and oxygen atoms in total. The number of allylic oxidation sites excluding steroid dienone is 1. The second-order valence-electron chi connectivity index (χ2n) is 5.14. The fourth-order valence-corrected chi connectivity index (χ4v) is 2.58. The maximum atomic E-state index is 13.7. The highest BCUT2D eigenvalue weighted by Gasteiger charge is 2.27. The Hall–Kier alpha value is -2.50. The van der Waals surface area contributed by atoms with E-state index < -0.39 is 40.4 Å². The first-order chi connectivity index (χ1) is 10.9. The van der Waals surface area contributed by atoms with Gasteiger partial charge in [-0.1, -0.05) is 24.3 Å². The van der Waals surface area contributed by atoms with Gasteiger partial charge in [-0.3, -0.25) is 4.79 Å². The van der Waals surface area contributed by atoms with Crippen molar-refractivity contribution >= 4 is 11.9 Å². The van der Waals surface area contributed by atoms with Gasteiger partial charge in [0.15, 0.2) is 29.1 Å². The number of ketones is 1. The molecule has 0 amide bonds. The minimum atomic E-state index is -2.22. The van der Waals surface area contributed by atoms with Crippen LogP contribution in [-0.2, 0) is 6.42 Å². The largest absolute Gasteiger partial charge is 0.289 e. The van der Waals surface area contributed by atoms with Crippen molar-refractivity contribution in [2.45, 2.75) is 12.8 Å². The zero-order valence-electron chi connectivity index (χ0n) is 11.6. The standard InChI is InChI=1S/C17H9F5O/c18-12-11(13(19)15(21)16(22)14(12)20)7-9-6-5-8-3-1-2-4-10(8)17(9)23/h1-4,7H,5-6H2/b9-7+. The third kappa shape index (κ3) is 2.44. The van der Waals surface area contributed by atoms with Gasteiger partial charge in [0.2, 0.25) is 5.82 Å². The first-order valence-electron chi connectivity index (χ1n) is 6.76. The van der Waals surface area contributed by atoms with Gasteiger partial charge in [0.25, 0.3) is 0 Å². The van der Waals surface area contributed by atoms with Gasteiger partial charge in [-0.2, -0.15) is 0 Å². The number of hydrogen-bond acceptors (Lipinski definition) is 1. The van der Waals surface area contributed by atoms with E-state index in [1.54, 1.807) is 24.3 Å². The summed E-state index contributed by atoms with van der Waals surface area (Å²) in [5.74, 6) is -10.6. The summed E-state index contributed by atoms with van der Waals surface area (Å²) in [4.78, 5) is 12.3. The molecule has 1 aliphatic carbocycles. The Labute approximate surface area is 128 Å². The Kier molecular flexibility index (Phi) is 3.75. The second kappa shape index (κ2) is 5.61. The van der Waals surface area contributed by atoms with Crippen molar-refractivity contribution in [3.05, 3.63) is 75.6 Å². The van der Waals surface area contributed by atoms with Crippen molar-refractivity contribution in [3.63, 3.8) is 0 Å². The molecule has 0 saturated carbocycles. The third-order valence-corrected chi connectivity index (χ3v) is 3.78. The Morgan fingerprint density at radius 1 is 0.783 bits per heavy atom. The molecular weight excluding hydrogens is 315 g/mol. The number of hydrogen-bond donors (Lipinski definition) is 0. The molecule has 0 fully saturated rings. The first kappa shape index (κ1) is 15.4. The van der Waals surface area contributed by atoms with Crippen LogP contribution in [0.25, 0.3) is 6.08 Å². The fraction of sp³-hybridized carbons (Fsp3) is 0.118. The third-order valence-electron chi connectivity index (χ3n) is 3.78. The zero-order chi connectivity index (χ0) is 16.7. The van der Waals surface area contributed by atoms with Crippen molar-refractivity contribution in [2.75, 3.05) is 0 Å². The summed E-state index contributed by atoms with van der Waals surface area (Å²) in [5, 5.41) is 0. The average Bonchev–Trinajstić information content (AvgIpc) is 2.57. The van der Waals surface area contributed by atoms with Gasteiger partial charge in [0, 0.05) is 11.1 Å². The van der Waals surface area contributed by atoms with Gasteiger partial charge in [-0.15, -0.1) is 0 Å². The molecular formula is C17H9F5O. The van der Waals surface area contributed by atoms with Crippen LogP contribution in [0, 0.1) is 29.1 Å². The van der Waals surface area contributed by atoms with Crippen molar-refractivity contribution < 1.29 is 26.7 Å². The van der Waals surface area contributed by atoms with Gasteiger partial charge in [0.1, 0.15) is 0 Å². The molecule has 23 heavy (non-hydrogen) atoms. The van der Waals surface area contributed by atoms with Gasteiger partial charge < -0.3 is 0 Å². The van der Waals surface area contributed by atoms with Crippen LogP contribution in [0.5, 0.6) is 0 Å². The summed E-state index contributed by atoms with van der Waals surface area (Å²) in [6.07, 6.45) is 1.35. The van der Waals surface area contributed by atoms with Gasteiger partial charge in [-0.25, -0.2) is 22.0 Å². The summed E-state index contributed by atoms with van der Waals surface area (Å²) in [7, 11) is 0. The van der Waals surface area contributed by atoms with E-state index in [9.17, 15) is 26.7 Å². The number of carbonyl (C=O) groups excluding carboxylic acids is 1. The Morgan fingerprint density at radius 3 is 2.00 bits per heavy atom. The quantitative estimate of drug-likeness (QED) is 0.324. The second-order valence-corrected chi connectivity index (χ2v) is 5.14. The van der Waals surface area contributed by atoms with Gasteiger partial charge >= 0.3 is 0 Å². The monoisotopic (exact) mass is 324 g/mol. The lowest BCUT2D eigenvalue weighted by Crippen LogP contribution is -2.14. The number of fused-ring (bicyclic) bond motifs is 1. The summed E-state index contributed by atoms with van der Waals surface area (Å²) < 4.78 is 66.9. The molecule has 3 rings (SSSR count). The normalized spacial score (nSPS) is 15.9. The smallest absolute Gasteiger partial charge is 0.200 e. The molecule has 0 radical (unpaired) electrons. The molecule has 0 heterocycles. The zero-order valence-corrected chi connectivity index (χ0v) is 11.6. The van der Waals surface area contributed by atoms with Crippen molar-refractivity contribution in [2.24, 2.45) is 0 Å². The van der Waals surface area contributed by atoms with E-state index in [1.807, 2.05) is 0 Å². The molecule has 0 spiro atoms. The van der Waals surface area contributed by atoms with Crippen LogP contribution in [0.3, 0.4) is 0 Å². The Morgan fingerprint density at radius 2 is 1.35 bits per heavy atom. The van der Waals surface area contributed by atoms with Crippen LogP contribution in [0.1, 0.15) is 27.9 Å². The van der Waals surface area contributed by atoms with Gasteiger partial charge in [0.05, 0.1) is 5.56 Å². The summed E-state index contributed by atoms with van der Waals surface area (Å²) in [5.41, 5.74) is 0.0666. The average molecular weight is 324 g/mol. The molecule has 118 valence electrons. The molecule has 2 aromatic rings. The summed E-state index contributed by atoms with van der Waals surface area (Å²) >= 11 is 0. The number of rotatable bonds is 1. The molecule has 0 N–H and O–H groups in total. The molecule has 2 aromatic carbocycles. The maximum Gasteiger partial charge on any atom is 0.200 e. The Balaban J connectivity index is 2.13. The van der Waals surface area contributed by atoms with Crippen LogP contribution in [0.15, 0.2) is 29.8 Å². The predicted octanol–water partition coefficient (Wildman–Crippen LogP) is 4.59. The highest BCUT2D eigenvalue weighted by molar-refractivity contribution is 6.13. The highest BCUT2D eigenvalue weighted by atomic mass is 19.2. The molecule has 0 atom stereocenters. The van der Waals surface area contributed by atoms with Gasteiger partial charge in [-0.05, 0) is 24.5 Å². The lowest BCUT2D eigenvalue weighted by Gasteiger charge is -2.17. The molecule has 0 aromatic heterocycles. The molecule has 0 aliphatic heterocycles. The summed E-state index contributed by atoms with van der Waals surface area (Å²) in [6.45, 7) is 0. The van der Waals surface area contributed by atoms with Crippen molar-refractivity contribution in [3.8, 4) is 0 Å². The first-order valence-corrected chi connectivity index (χ1v) is 6.76. The van der Waals surface area contributed by atoms with Crippen LogP contribution in [0.2, 0.25) is 0 Å². The molecule has 6 heteroatoms. The molecule has 0 unspecified atom stereocenters. The SMILES string of the molecule is O=C1/C(=C/c2c(F)c(F)c(F)c(F)c2F)CCc2ccccc21. The minimum absolute atomic E-state index is 0.00640. The lowest BCUT2D eigenvalue weighted by molar-refractivity contribution is 0.102. The number of carbonyl (C=O) groups is 1.